The lowest BCUT2D eigenvalue weighted by Gasteiger charge is -2.15. The maximum absolute atomic E-state index is 11.4. The topological polar surface area (TPSA) is 92.4 Å². The number of carbonyl (C=O) groups is 2. The molecule has 17 heavy (non-hydrogen) atoms. The Bertz CT molecular complexity index is 401. The molecule has 0 aromatic heterocycles. The van der Waals surface area contributed by atoms with E-state index in [0.29, 0.717) is 6.42 Å². The number of phenolic OH excluding ortho intramolecular Hbond substituents is 1. The van der Waals surface area contributed by atoms with E-state index in [4.69, 9.17) is 10.8 Å². The van der Waals surface area contributed by atoms with Crippen LogP contribution in [0.2, 0.25) is 0 Å². The van der Waals surface area contributed by atoms with Crippen LogP contribution in [-0.4, -0.2) is 29.4 Å². The molecule has 1 unspecified atom stereocenters. The summed E-state index contributed by atoms with van der Waals surface area (Å²) in [6.07, 6.45) is 0.390. The molecule has 1 amide bonds. The highest BCUT2D eigenvalue weighted by Gasteiger charge is 2.16. The zero-order chi connectivity index (χ0) is 12.8. The number of nitrogens with one attached hydrogen (secondary N) is 1. The number of hydrogen-bond acceptors (Lipinski definition) is 4. The Balaban J connectivity index is 2.70. The average Bonchev–Trinajstić information content (AvgIpc) is 2.30. The van der Waals surface area contributed by atoms with E-state index in [1.54, 1.807) is 12.1 Å². The molecule has 4 N–H and O–H groups in total. The van der Waals surface area contributed by atoms with Gasteiger partial charge in [-0.15, -0.1) is 0 Å². The summed E-state index contributed by atoms with van der Waals surface area (Å²) in [6, 6.07) is 5.92. The lowest BCUT2D eigenvalue weighted by Crippen LogP contribution is -2.44. The lowest BCUT2D eigenvalue weighted by atomic mass is 10.0. The summed E-state index contributed by atoms with van der Waals surface area (Å²) in [5, 5.41) is 11.7. The van der Waals surface area contributed by atoms with E-state index < -0.39 is 6.04 Å². The molecule has 0 radical (unpaired) electrons. The van der Waals surface area contributed by atoms with Crippen molar-refractivity contribution in [2.24, 2.45) is 5.73 Å². The van der Waals surface area contributed by atoms with Gasteiger partial charge in [-0.3, -0.25) is 9.59 Å². The molecule has 0 bridgehead atoms. The van der Waals surface area contributed by atoms with E-state index in [2.05, 4.69) is 5.32 Å². The van der Waals surface area contributed by atoms with Crippen LogP contribution < -0.4 is 11.1 Å². The minimum atomic E-state index is -0.574. The smallest absolute Gasteiger partial charge is 0.234 e. The van der Waals surface area contributed by atoms with Gasteiger partial charge in [0.15, 0.2) is 5.78 Å². The summed E-state index contributed by atoms with van der Waals surface area (Å²) in [7, 11) is 0. The number of carbonyl (C=O) groups excluding carboxylic acids is 2. The van der Waals surface area contributed by atoms with Crippen LogP contribution in [0, 0.1) is 0 Å². The van der Waals surface area contributed by atoms with Gasteiger partial charge in [-0.1, -0.05) is 12.1 Å². The van der Waals surface area contributed by atoms with Crippen molar-refractivity contribution in [1.82, 2.24) is 5.32 Å². The summed E-state index contributed by atoms with van der Waals surface area (Å²) in [5.74, 6) is -0.317. The van der Waals surface area contributed by atoms with Gasteiger partial charge in [0.05, 0.1) is 12.6 Å². The fourth-order valence-electron chi connectivity index (χ4n) is 1.42. The molecule has 0 spiro atoms. The third-order valence-electron chi connectivity index (χ3n) is 2.39. The van der Waals surface area contributed by atoms with E-state index in [1.807, 2.05) is 0 Å². The highest BCUT2D eigenvalue weighted by molar-refractivity contribution is 5.88. The van der Waals surface area contributed by atoms with Gasteiger partial charge in [-0.25, -0.2) is 0 Å². The van der Waals surface area contributed by atoms with Crippen LogP contribution in [0.3, 0.4) is 0 Å². The summed E-state index contributed by atoms with van der Waals surface area (Å²) in [4.78, 5) is 22.5. The van der Waals surface area contributed by atoms with Gasteiger partial charge >= 0.3 is 0 Å². The Morgan fingerprint density at radius 1 is 1.35 bits per heavy atom. The quantitative estimate of drug-likeness (QED) is 0.669. The first-order valence-electron chi connectivity index (χ1n) is 5.30. The molecule has 0 fully saturated rings. The molecule has 0 saturated carbocycles. The molecule has 92 valence electrons. The van der Waals surface area contributed by atoms with Gasteiger partial charge in [0.2, 0.25) is 5.91 Å². The first-order chi connectivity index (χ1) is 8.02. The number of aromatic hydroxyl groups is 1. The summed E-state index contributed by atoms with van der Waals surface area (Å²) < 4.78 is 0. The van der Waals surface area contributed by atoms with Crippen molar-refractivity contribution in [2.75, 3.05) is 6.54 Å². The Morgan fingerprint density at radius 3 is 2.41 bits per heavy atom. The predicted molar refractivity (Wildman–Crippen MR) is 63.5 cm³/mol. The molecule has 5 heteroatoms. The van der Waals surface area contributed by atoms with Crippen molar-refractivity contribution in [3.8, 4) is 5.75 Å². The highest BCUT2D eigenvalue weighted by atomic mass is 16.3. The number of ketones is 1. The van der Waals surface area contributed by atoms with Crippen molar-refractivity contribution in [2.45, 2.75) is 19.4 Å². The van der Waals surface area contributed by atoms with E-state index in [0.717, 1.165) is 5.56 Å². The van der Waals surface area contributed by atoms with Gasteiger partial charge in [0, 0.05) is 0 Å². The Kier molecular flexibility index (Phi) is 4.66. The van der Waals surface area contributed by atoms with Crippen molar-refractivity contribution in [1.29, 1.82) is 0 Å². The van der Waals surface area contributed by atoms with E-state index in [9.17, 15) is 9.59 Å². The molecule has 5 nitrogen and oxygen atoms in total. The molecule has 0 aliphatic carbocycles. The molecule has 1 aromatic rings. The third kappa shape index (κ3) is 4.24. The van der Waals surface area contributed by atoms with Crippen LogP contribution in [0.5, 0.6) is 5.75 Å². The summed E-state index contributed by atoms with van der Waals surface area (Å²) in [6.45, 7) is 1.28. The number of Topliss-reactive ketones (excluding diaryl/α,β-unsaturated/α-hetero) is 1. The molecule has 0 aliphatic rings. The SMILES string of the molecule is CC(=O)C(Cc1ccc(O)cc1)NC(=O)CN. The zero-order valence-corrected chi connectivity index (χ0v) is 9.64. The normalized spacial score (nSPS) is 11.9. The summed E-state index contributed by atoms with van der Waals surface area (Å²) >= 11 is 0. The number of rotatable bonds is 5. The second kappa shape index (κ2) is 6.00. The zero-order valence-electron chi connectivity index (χ0n) is 9.64. The van der Waals surface area contributed by atoms with Gasteiger partial charge in [-0.2, -0.15) is 0 Å². The second-order valence-corrected chi connectivity index (χ2v) is 3.81. The third-order valence-corrected chi connectivity index (χ3v) is 2.39. The van der Waals surface area contributed by atoms with Gasteiger partial charge in [0.25, 0.3) is 0 Å². The number of phenols is 1. The van der Waals surface area contributed by atoms with Gasteiger partial charge < -0.3 is 16.2 Å². The molecular weight excluding hydrogens is 220 g/mol. The van der Waals surface area contributed by atoms with Gasteiger partial charge in [-0.05, 0) is 31.0 Å². The molecule has 0 heterocycles. The Morgan fingerprint density at radius 2 is 1.94 bits per heavy atom. The monoisotopic (exact) mass is 236 g/mol. The standard InChI is InChI=1S/C12H16N2O3/c1-8(15)11(14-12(17)7-13)6-9-2-4-10(16)5-3-9/h2-5,11,16H,6-7,13H2,1H3,(H,14,17). The predicted octanol–water partition coefficient (Wildman–Crippen LogP) is -0.0328. The van der Waals surface area contributed by atoms with Crippen molar-refractivity contribution < 1.29 is 14.7 Å². The molecule has 1 rings (SSSR count). The Hall–Kier alpha value is -1.88. The number of hydrogen-bond donors (Lipinski definition) is 3. The first-order valence-corrected chi connectivity index (χ1v) is 5.30. The van der Waals surface area contributed by atoms with Crippen molar-refractivity contribution in [3.63, 3.8) is 0 Å². The minimum absolute atomic E-state index is 0.125. The van der Waals surface area contributed by atoms with Crippen LogP contribution in [0.1, 0.15) is 12.5 Å². The molecule has 0 aliphatic heterocycles. The largest absolute Gasteiger partial charge is 0.508 e. The van der Waals surface area contributed by atoms with Crippen LogP contribution in [0.15, 0.2) is 24.3 Å². The first kappa shape index (κ1) is 13.2. The maximum Gasteiger partial charge on any atom is 0.234 e. The summed E-state index contributed by atoms with van der Waals surface area (Å²) in [5.41, 5.74) is 6.04. The lowest BCUT2D eigenvalue weighted by molar-refractivity contribution is -0.126. The molecule has 1 aromatic carbocycles. The Labute approximate surface area is 99.6 Å². The van der Waals surface area contributed by atoms with Crippen molar-refractivity contribution >= 4 is 11.7 Å². The minimum Gasteiger partial charge on any atom is -0.508 e. The molecular formula is C12H16N2O3. The van der Waals surface area contributed by atoms with Crippen LogP contribution in [0.25, 0.3) is 0 Å². The van der Waals surface area contributed by atoms with Gasteiger partial charge in [0.1, 0.15) is 5.75 Å². The maximum atomic E-state index is 11.4. The van der Waals surface area contributed by atoms with Crippen molar-refractivity contribution in [3.05, 3.63) is 29.8 Å². The fraction of sp³-hybridized carbons (Fsp3) is 0.333. The fourth-order valence-corrected chi connectivity index (χ4v) is 1.42. The van der Waals surface area contributed by atoms with E-state index in [-0.39, 0.29) is 24.0 Å². The second-order valence-electron chi connectivity index (χ2n) is 3.81. The van der Waals surface area contributed by atoms with Crippen LogP contribution in [0.4, 0.5) is 0 Å². The number of amides is 1. The van der Waals surface area contributed by atoms with Crippen LogP contribution in [-0.2, 0) is 16.0 Å². The van der Waals surface area contributed by atoms with E-state index >= 15 is 0 Å². The van der Waals surface area contributed by atoms with Crippen LogP contribution >= 0.6 is 0 Å². The molecule has 0 saturated heterocycles. The number of nitrogens with two attached hydrogens (primary N) is 1. The average molecular weight is 236 g/mol. The number of benzene rings is 1. The molecule has 1 atom stereocenters. The highest BCUT2D eigenvalue weighted by Crippen LogP contribution is 2.11. The van der Waals surface area contributed by atoms with E-state index in [1.165, 1.54) is 19.1 Å².